The maximum Gasteiger partial charge on any atom is 0.123 e. The van der Waals surface area contributed by atoms with Crippen molar-refractivity contribution < 1.29 is 13.9 Å². The highest BCUT2D eigenvalue weighted by Gasteiger charge is 2.40. The Labute approximate surface area is 107 Å². The van der Waals surface area contributed by atoms with Crippen molar-refractivity contribution in [2.75, 3.05) is 27.4 Å². The molecule has 18 heavy (non-hydrogen) atoms. The molecule has 4 heteroatoms. The number of nitrogens with one attached hydrogen (secondary N) is 1. The van der Waals surface area contributed by atoms with Crippen molar-refractivity contribution in [2.24, 2.45) is 0 Å². The molecular weight excluding hydrogens is 233 g/mol. The van der Waals surface area contributed by atoms with Crippen LogP contribution in [0.5, 0.6) is 0 Å². The summed E-state index contributed by atoms with van der Waals surface area (Å²) >= 11 is 0. The van der Waals surface area contributed by atoms with E-state index in [1.807, 2.05) is 19.2 Å². The van der Waals surface area contributed by atoms with Gasteiger partial charge in [0.2, 0.25) is 0 Å². The molecule has 100 valence electrons. The van der Waals surface area contributed by atoms with E-state index in [2.05, 4.69) is 5.32 Å². The first-order chi connectivity index (χ1) is 8.72. The molecule has 1 heterocycles. The number of rotatable bonds is 4. The summed E-state index contributed by atoms with van der Waals surface area (Å²) in [6.07, 6.45) is 1.68. The van der Waals surface area contributed by atoms with Gasteiger partial charge in [-0.15, -0.1) is 0 Å². The third-order valence-electron chi connectivity index (χ3n) is 3.76. The molecule has 3 nitrogen and oxygen atoms in total. The van der Waals surface area contributed by atoms with E-state index in [0.29, 0.717) is 13.2 Å². The number of halogens is 1. The molecule has 1 aromatic carbocycles. The predicted octanol–water partition coefficient (Wildman–Crippen LogP) is 2.28. The van der Waals surface area contributed by atoms with Crippen molar-refractivity contribution in [2.45, 2.75) is 24.5 Å². The summed E-state index contributed by atoms with van der Waals surface area (Å²) < 4.78 is 24.2. The smallest absolute Gasteiger partial charge is 0.123 e. The molecule has 0 amide bonds. The Balaban J connectivity index is 2.27. The third-order valence-corrected chi connectivity index (χ3v) is 3.76. The molecule has 0 bridgehead atoms. The molecule has 0 aliphatic carbocycles. The second-order valence-electron chi connectivity index (χ2n) is 4.65. The van der Waals surface area contributed by atoms with Gasteiger partial charge in [-0.25, -0.2) is 4.39 Å². The van der Waals surface area contributed by atoms with Gasteiger partial charge in [0.05, 0.1) is 11.6 Å². The van der Waals surface area contributed by atoms with Crippen LogP contribution in [0.1, 0.15) is 24.4 Å². The Morgan fingerprint density at radius 2 is 1.89 bits per heavy atom. The van der Waals surface area contributed by atoms with Gasteiger partial charge in [-0.2, -0.15) is 0 Å². The van der Waals surface area contributed by atoms with E-state index in [9.17, 15) is 4.39 Å². The van der Waals surface area contributed by atoms with Crippen molar-refractivity contribution in [3.05, 3.63) is 35.6 Å². The zero-order valence-electron chi connectivity index (χ0n) is 10.9. The van der Waals surface area contributed by atoms with Crippen molar-refractivity contribution in [1.29, 1.82) is 0 Å². The summed E-state index contributed by atoms with van der Waals surface area (Å²) in [7, 11) is 3.64. The van der Waals surface area contributed by atoms with Gasteiger partial charge in [-0.1, -0.05) is 12.1 Å². The van der Waals surface area contributed by atoms with Gasteiger partial charge in [0.25, 0.3) is 0 Å². The Bertz CT molecular complexity index is 374. The van der Waals surface area contributed by atoms with Crippen LogP contribution in [0.15, 0.2) is 24.3 Å². The lowest BCUT2D eigenvalue weighted by molar-refractivity contribution is -0.110. The van der Waals surface area contributed by atoms with Crippen LogP contribution >= 0.6 is 0 Å². The first-order valence-corrected chi connectivity index (χ1v) is 6.27. The summed E-state index contributed by atoms with van der Waals surface area (Å²) in [6.45, 7) is 1.40. The molecular formula is C14H20FNO2. The number of ether oxygens (including phenoxy) is 2. The topological polar surface area (TPSA) is 30.5 Å². The first-order valence-electron chi connectivity index (χ1n) is 6.27. The molecule has 2 rings (SSSR count). The lowest BCUT2D eigenvalue weighted by Crippen LogP contribution is -2.48. The van der Waals surface area contributed by atoms with Crippen LogP contribution in [0.25, 0.3) is 0 Å². The maximum atomic E-state index is 13.0. The fraction of sp³-hybridized carbons (Fsp3) is 0.571. The van der Waals surface area contributed by atoms with Crippen LogP contribution in [0.4, 0.5) is 4.39 Å². The molecule has 1 fully saturated rings. The fourth-order valence-corrected chi connectivity index (χ4v) is 2.72. The van der Waals surface area contributed by atoms with Crippen molar-refractivity contribution in [3.63, 3.8) is 0 Å². The molecule has 1 aromatic rings. The van der Waals surface area contributed by atoms with E-state index in [1.165, 1.54) is 12.1 Å². The second kappa shape index (κ2) is 5.78. The van der Waals surface area contributed by atoms with Crippen LogP contribution in [0, 0.1) is 5.82 Å². The first kappa shape index (κ1) is 13.5. The fourth-order valence-electron chi connectivity index (χ4n) is 2.72. The molecule has 1 atom stereocenters. The summed E-state index contributed by atoms with van der Waals surface area (Å²) in [4.78, 5) is 0. The Morgan fingerprint density at radius 1 is 1.28 bits per heavy atom. The van der Waals surface area contributed by atoms with Gasteiger partial charge < -0.3 is 14.8 Å². The van der Waals surface area contributed by atoms with E-state index >= 15 is 0 Å². The summed E-state index contributed by atoms with van der Waals surface area (Å²) in [6, 6.07) is 6.65. The van der Waals surface area contributed by atoms with Crippen LogP contribution in [-0.4, -0.2) is 33.0 Å². The number of benzene rings is 1. The third kappa shape index (κ3) is 2.55. The number of hydrogen-bond donors (Lipinski definition) is 1. The lowest BCUT2D eigenvalue weighted by atomic mass is 9.82. The van der Waals surface area contributed by atoms with Gasteiger partial charge >= 0.3 is 0 Å². The molecule has 1 aliphatic heterocycles. The lowest BCUT2D eigenvalue weighted by Gasteiger charge is -2.42. The van der Waals surface area contributed by atoms with E-state index < -0.39 is 0 Å². The molecule has 1 N–H and O–H groups in total. The monoisotopic (exact) mass is 253 g/mol. The number of hydrogen-bond acceptors (Lipinski definition) is 3. The minimum Gasteiger partial charge on any atom is -0.381 e. The summed E-state index contributed by atoms with van der Waals surface area (Å²) in [5.74, 6) is -0.216. The minimum atomic E-state index is -0.273. The maximum absolute atomic E-state index is 13.0. The Hall–Kier alpha value is -0.970. The summed E-state index contributed by atoms with van der Waals surface area (Å²) in [5, 5.41) is 3.30. The molecule has 0 aromatic heterocycles. The Kier molecular flexibility index (Phi) is 4.32. The van der Waals surface area contributed by atoms with Gasteiger partial charge in [0.15, 0.2) is 0 Å². The van der Waals surface area contributed by atoms with E-state index in [4.69, 9.17) is 9.47 Å². The van der Waals surface area contributed by atoms with E-state index in [0.717, 1.165) is 18.4 Å². The highest BCUT2D eigenvalue weighted by Crippen LogP contribution is 2.37. The number of likely N-dealkylation sites (N-methyl/N-ethyl adjacent to an activating group) is 1. The molecule has 1 aliphatic rings. The number of methoxy groups -OCH3 is 1. The second-order valence-corrected chi connectivity index (χ2v) is 4.65. The van der Waals surface area contributed by atoms with Crippen molar-refractivity contribution in [3.8, 4) is 0 Å². The summed E-state index contributed by atoms with van der Waals surface area (Å²) in [5.41, 5.74) is 0.771. The van der Waals surface area contributed by atoms with E-state index in [1.54, 1.807) is 7.11 Å². The van der Waals surface area contributed by atoms with Crippen LogP contribution in [-0.2, 0) is 9.47 Å². The van der Waals surface area contributed by atoms with Gasteiger partial charge in [0.1, 0.15) is 5.82 Å². The quantitative estimate of drug-likeness (QED) is 0.893. The average molecular weight is 253 g/mol. The highest BCUT2D eigenvalue weighted by molar-refractivity contribution is 5.23. The van der Waals surface area contributed by atoms with Crippen molar-refractivity contribution >= 4 is 0 Å². The van der Waals surface area contributed by atoms with Gasteiger partial charge in [-0.3, -0.25) is 0 Å². The minimum absolute atomic E-state index is 0.0481. The molecule has 0 spiro atoms. The molecule has 1 saturated heterocycles. The SMILES string of the molecule is CNC(c1ccc(F)cc1)C1(OC)CCOCC1. The van der Waals surface area contributed by atoms with Crippen LogP contribution in [0.3, 0.4) is 0 Å². The molecule has 0 radical (unpaired) electrons. The normalized spacial score (nSPS) is 20.6. The van der Waals surface area contributed by atoms with Gasteiger partial charge in [-0.05, 0) is 24.7 Å². The standard InChI is InChI=1S/C14H20FNO2/c1-16-13(11-3-5-12(15)6-4-11)14(17-2)7-9-18-10-8-14/h3-6,13,16H,7-10H2,1-2H3. The largest absolute Gasteiger partial charge is 0.381 e. The zero-order chi connectivity index (χ0) is 13.0. The zero-order valence-corrected chi connectivity index (χ0v) is 10.9. The molecule has 0 saturated carbocycles. The van der Waals surface area contributed by atoms with Gasteiger partial charge in [0, 0.05) is 33.2 Å². The van der Waals surface area contributed by atoms with Crippen molar-refractivity contribution in [1.82, 2.24) is 5.32 Å². The Morgan fingerprint density at radius 3 is 2.39 bits per heavy atom. The highest BCUT2D eigenvalue weighted by atomic mass is 19.1. The average Bonchev–Trinajstić information content (AvgIpc) is 2.43. The van der Waals surface area contributed by atoms with Crippen LogP contribution in [0.2, 0.25) is 0 Å². The van der Waals surface area contributed by atoms with E-state index in [-0.39, 0.29) is 17.5 Å². The molecule has 1 unspecified atom stereocenters. The predicted molar refractivity (Wildman–Crippen MR) is 68.0 cm³/mol. The van der Waals surface area contributed by atoms with Crippen LogP contribution < -0.4 is 5.32 Å².